The summed E-state index contributed by atoms with van der Waals surface area (Å²) in [6, 6.07) is 20.7. The molecule has 0 spiro atoms. The Hall–Kier alpha value is -2.41. The number of allylic oxidation sites excluding steroid dienone is 3. The van der Waals surface area contributed by atoms with Crippen LogP contribution in [0.4, 0.5) is 0 Å². The van der Waals surface area contributed by atoms with Gasteiger partial charge in [0.05, 0.1) is 11.4 Å². The van der Waals surface area contributed by atoms with E-state index in [4.69, 9.17) is 4.99 Å². The lowest BCUT2D eigenvalue weighted by Crippen LogP contribution is -2.03. The Bertz CT molecular complexity index is 607. The van der Waals surface area contributed by atoms with E-state index >= 15 is 0 Å². The fourth-order valence-electron chi connectivity index (χ4n) is 2.30. The van der Waals surface area contributed by atoms with E-state index < -0.39 is 0 Å². The van der Waals surface area contributed by atoms with E-state index in [1.165, 1.54) is 0 Å². The van der Waals surface area contributed by atoms with Gasteiger partial charge in [0.1, 0.15) is 0 Å². The van der Waals surface area contributed by atoms with Crippen LogP contribution in [0.1, 0.15) is 24.0 Å². The molecule has 0 radical (unpaired) electrons. The van der Waals surface area contributed by atoms with Gasteiger partial charge in [-0.1, -0.05) is 72.8 Å². The molecule has 0 aromatic heterocycles. The lowest BCUT2D eigenvalue weighted by molar-refractivity contribution is 1.01. The minimum absolute atomic E-state index is 1.03. The zero-order valence-corrected chi connectivity index (χ0v) is 11.4. The van der Waals surface area contributed by atoms with Crippen molar-refractivity contribution < 1.29 is 0 Å². The molecule has 1 heteroatoms. The van der Waals surface area contributed by atoms with E-state index in [0.29, 0.717) is 0 Å². The Balaban J connectivity index is 2.07. The van der Waals surface area contributed by atoms with Crippen molar-refractivity contribution in [2.45, 2.75) is 12.8 Å². The molecule has 0 bridgehead atoms. The van der Waals surface area contributed by atoms with Gasteiger partial charge in [-0.3, -0.25) is 0 Å². The number of aliphatic imine (C=N–C) groups is 1. The molecule has 0 unspecified atom stereocenters. The van der Waals surface area contributed by atoms with Gasteiger partial charge < -0.3 is 0 Å². The highest BCUT2D eigenvalue weighted by atomic mass is 14.8. The Morgan fingerprint density at radius 3 is 1.85 bits per heavy atom. The van der Waals surface area contributed by atoms with Crippen molar-refractivity contribution in [2.24, 2.45) is 4.99 Å². The quantitative estimate of drug-likeness (QED) is 0.705. The fourth-order valence-corrected chi connectivity index (χ4v) is 2.30. The van der Waals surface area contributed by atoms with Crippen LogP contribution in [-0.4, -0.2) is 5.71 Å². The van der Waals surface area contributed by atoms with E-state index in [-0.39, 0.29) is 0 Å². The molecule has 0 saturated heterocycles. The molecule has 2 aromatic rings. The van der Waals surface area contributed by atoms with Gasteiger partial charge in [0, 0.05) is 11.1 Å². The molecular formula is C19H17N. The molecule has 3 rings (SSSR count). The van der Waals surface area contributed by atoms with Crippen LogP contribution in [0.2, 0.25) is 0 Å². The van der Waals surface area contributed by atoms with Crippen LogP contribution in [0, 0.1) is 0 Å². The van der Waals surface area contributed by atoms with E-state index in [9.17, 15) is 0 Å². The summed E-state index contributed by atoms with van der Waals surface area (Å²) in [5.41, 5.74) is 4.39. The summed E-state index contributed by atoms with van der Waals surface area (Å²) in [4.78, 5) is 4.87. The molecule has 98 valence electrons. The third kappa shape index (κ3) is 2.94. The van der Waals surface area contributed by atoms with E-state index in [1.54, 1.807) is 0 Å². The first-order valence-electron chi connectivity index (χ1n) is 7.00. The fraction of sp³-hybridized carbons (Fsp3) is 0.105. The smallest absolute Gasteiger partial charge is 0.0781 e. The minimum Gasteiger partial charge on any atom is -0.248 e. The van der Waals surface area contributed by atoms with Crippen LogP contribution in [-0.2, 0) is 0 Å². The van der Waals surface area contributed by atoms with Gasteiger partial charge in [-0.2, -0.15) is 0 Å². The van der Waals surface area contributed by atoms with Crippen molar-refractivity contribution >= 4 is 5.71 Å². The lowest BCUT2D eigenvalue weighted by Gasteiger charge is -2.09. The largest absolute Gasteiger partial charge is 0.248 e. The van der Waals surface area contributed by atoms with Gasteiger partial charge in [0.15, 0.2) is 0 Å². The topological polar surface area (TPSA) is 12.4 Å². The van der Waals surface area contributed by atoms with Crippen molar-refractivity contribution in [2.75, 3.05) is 0 Å². The predicted octanol–water partition coefficient (Wildman–Crippen LogP) is 4.76. The summed E-state index contributed by atoms with van der Waals surface area (Å²) in [6.45, 7) is 0. The number of rotatable bonds is 3. The normalized spacial score (nSPS) is 13.7. The molecule has 2 aromatic carbocycles. The average molecular weight is 259 g/mol. The van der Waals surface area contributed by atoms with E-state index in [1.807, 2.05) is 12.1 Å². The molecule has 20 heavy (non-hydrogen) atoms. The zero-order valence-electron chi connectivity index (χ0n) is 11.4. The summed E-state index contributed by atoms with van der Waals surface area (Å²) < 4.78 is 0. The molecule has 0 saturated carbocycles. The first-order valence-corrected chi connectivity index (χ1v) is 7.00. The molecule has 1 aliphatic rings. The summed E-state index contributed by atoms with van der Waals surface area (Å²) in [5.74, 6) is 0. The highest BCUT2D eigenvalue weighted by molar-refractivity contribution is 6.13. The Kier molecular flexibility index (Phi) is 3.88. The first-order chi connectivity index (χ1) is 9.93. The third-order valence-corrected chi connectivity index (χ3v) is 3.31. The third-order valence-electron chi connectivity index (χ3n) is 3.31. The number of benzene rings is 2. The van der Waals surface area contributed by atoms with Gasteiger partial charge in [0.2, 0.25) is 0 Å². The number of nitrogens with zero attached hydrogens (tertiary/aromatic N) is 1. The van der Waals surface area contributed by atoms with Gasteiger partial charge in [-0.05, 0) is 18.9 Å². The van der Waals surface area contributed by atoms with Crippen LogP contribution in [0.15, 0.2) is 89.6 Å². The summed E-state index contributed by atoms with van der Waals surface area (Å²) in [5, 5.41) is 0. The van der Waals surface area contributed by atoms with Crippen molar-refractivity contribution in [3.8, 4) is 0 Å². The maximum absolute atomic E-state index is 4.87. The second kappa shape index (κ2) is 6.16. The molecule has 0 atom stereocenters. The predicted molar refractivity (Wildman–Crippen MR) is 85.0 cm³/mol. The molecule has 0 N–H and O–H groups in total. The lowest BCUT2D eigenvalue weighted by atomic mass is 10.0. The van der Waals surface area contributed by atoms with Crippen LogP contribution in [0.25, 0.3) is 0 Å². The molecule has 1 nitrogen and oxygen atoms in total. The maximum Gasteiger partial charge on any atom is 0.0781 e. The second-order valence-corrected chi connectivity index (χ2v) is 4.80. The standard InChI is InChI=1S/C19H17N/c1-4-10-16(11-5-1)19(17-12-6-2-7-13-17)20-18-14-8-3-9-15-18/h1-2,4-8,10-15H,3,9H2. The molecule has 0 aliphatic heterocycles. The van der Waals surface area contributed by atoms with E-state index in [0.717, 1.165) is 35.4 Å². The average Bonchev–Trinajstić information content (AvgIpc) is 2.55. The van der Waals surface area contributed by atoms with Crippen LogP contribution in [0.3, 0.4) is 0 Å². The molecule has 1 aliphatic carbocycles. The van der Waals surface area contributed by atoms with Crippen LogP contribution in [0.5, 0.6) is 0 Å². The minimum atomic E-state index is 1.03. The first kappa shape index (κ1) is 12.6. The second-order valence-electron chi connectivity index (χ2n) is 4.80. The molecular weight excluding hydrogens is 242 g/mol. The number of hydrogen-bond donors (Lipinski definition) is 0. The Labute approximate surface area is 120 Å². The summed E-state index contributed by atoms with van der Waals surface area (Å²) in [6.07, 6.45) is 8.69. The van der Waals surface area contributed by atoms with Crippen molar-refractivity contribution in [3.05, 3.63) is 95.7 Å². The summed E-state index contributed by atoms with van der Waals surface area (Å²) >= 11 is 0. The highest BCUT2D eigenvalue weighted by Gasteiger charge is 2.07. The van der Waals surface area contributed by atoms with Gasteiger partial charge in [-0.15, -0.1) is 0 Å². The molecule has 0 amide bonds. The van der Waals surface area contributed by atoms with Crippen molar-refractivity contribution in [1.29, 1.82) is 0 Å². The molecule has 0 heterocycles. The zero-order chi connectivity index (χ0) is 13.6. The highest BCUT2D eigenvalue weighted by Crippen LogP contribution is 2.16. The maximum atomic E-state index is 4.87. The van der Waals surface area contributed by atoms with Crippen molar-refractivity contribution in [1.82, 2.24) is 0 Å². The van der Waals surface area contributed by atoms with E-state index in [2.05, 4.69) is 66.8 Å². The van der Waals surface area contributed by atoms with Gasteiger partial charge in [0.25, 0.3) is 0 Å². The summed E-state index contributed by atoms with van der Waals surface area (Å²) in [7, 11) is 0. The van der Waals surface area contributed by atoms with Gasteiger partial charge >= 0.3 is 0 Å². The van der Waals surface area contributed by atoms with Crippen LogP contribution >= 0.6 is 0 Å². The Morgan fingerprint density at radius 2 is 1.35 bits per heavy atom. The molecule has 0 fully saturated rings. The SMILES string of the molecule is C1=CC(N=C(c2ccccc2)c2ccccc2)=CCC1. The Morgan fingerprint density at radius 1 is 0.750 bits per heavy atom. The monoisotopic (exact) mass is 259 g/mol. The van der Waals surface area contributed by atoms with Crippen LogP contribution < -0.4 is 0 Å². The van der Waals surface area contributed by atoms with Gasteiger partial charge in [-0.25, -0.2) is 4.99 Å². The van der Waals surface area contributed by atoms with Crippen molar-refractivity contribution in [3.63, 3.8) is 0 Å². The number of hydrogen-bond acceptors (Lipinski definition) is 1.